The standard InChI is InChI=1S/C15H28N2O3/c1-10(18)12-8-7-11(9-15(12,5)6)16-17-13(19)20-14(2,3)4/h11-12,16H,7-9H2,1-6H3,(H,17,19)/t11-,12+/m0/s1. The number of carbonyl (C=O) groups excluding carboxylic acids is 2. The van der Waals surface area contributed by atoms with Crippen LogP contribution in [0, 0.1) is 11.3 Å². The van der Waals surface area contributed by atoms with Crippen LogP contribution in [-0.4, -0.2) is 23.5 Å². The molecule has 0 aromatic carbocycles. The van der Waals surface area contributed by atoms with E-state index in [2.05, 4.69) is 24.7 Å². The molecule has 0 aliphatic heterocycles. The van der Waals surface area contributed by atoms with Gasteiger partial charge in [0.2, 0.25) is 0 Å². The topological polar surface area (TPSA) is 67.4 Å². The van der Waals surface area contributed by atoms with Crippen LogP contribution in [0.2, 0.25) is 0 Å². The Bertz CT molecular complexity index is 372. The number of ketones is 1. The Hall–Kier alpha value is -1.10. The first kappa shape index (κ1) is 17.0. The number of amides is 1. The average molecular weight is 284 g/mol. The highest BCUT2D eigenvalue weighted by molar-refractivity contribution is 5.79. The number of ether oxygens (including phenoxy) is 1. The second-order valence-electron chi connectivity index (χ2n) is 7.40. The van der Waals surface area contributed by atoms with E-state index in [9.17, 15) is 9.59 Å². The van der Waals surface area contributed by atoms with E-state index in [1.54, 1.807) is 6.92 Å². The fourth-order valence-electron chi connectivity index (χ4n) is 2.98. The van der Waals surface area contributed by atoms with E-state index in [-0.39, 0.29) is 23.2 Å². The van der Waals surface area contributed by atoms with Gasteiger partial charge in [-0.2, -0.15) is 0 Å². The van der Waals surface area contributed by atoms with Gasteiger partial charge < -0.3 is 4.74 Å². The van der Waals surface area contributed by atoms with Gasteiger partial charge in [-0.05, 0) is 52.4 Å². The number of hydrogen-bond donors (Lipinski definition) is 2. The summed E-state index contributed by atoms with van der Waals surface area (Å²) in [5.74, 6) is 0.371. The summed E-state index contributed by atoms with van der Waals surface area (Å²) < 4.78 is 5.17. The lowest BCUT2D eigenvalue weighted by molar-refractivity contribution is -0.126. The zero-order valence-corrected chi connectivity index (χ0v) is 13.5. The minimum Gasteiger partial charge on any atom is -0.443 e. The van der Waals surface area contributed by atoms with Crippen LogP contribution in [0.4, 0.5) is 4.79 Å². The molecule has 1 amide bonds. The summed E-state index contributed by atoms with van der Waals surface area (Å²) in [4.78, 5) is 23.2. The van der Waals surface area contributed by atoms with E-state index in [1.807, 2.05) is 20.8 Å². The van der Waals surface area contributed by atoms with E-state index in [4.69, 9.17) is 4.74 Å². The Morgan fingerprint density at radius 3 is 2.25 bits per heavy atom. The normalized spacial score (nSPS) is 25.9. The Morgan fingerprint density at radius 2 is 1.80 bits per heavy atom. The monoisotopic (exact) mass is 284 g/mol. The summed E-state index contributed by atoms with van der Waals surface area (Å²) in [6.07, 6.45) is 2.12. The molecule has 0 spiro atoms. The second-order valence-corrected chi connectivity index (χ2v) is 7.40. The lowest BCUT2D eigenvalue weighted by Gasteiger charge is -2.41. The Kier molecular flexibility index (Phi) is 5.19. The van der Waals surface area contributed by atoms with Crippen molar-refractivity contribution in [2.45, 2.75) is 72.4 Å². The minimum absolute atomic E-state index is 0.0443. The summed E-state index contributed by atoms with van der Waals surface area (Å²) in [7, 11) is 0. The summed E-state index contributed by atoms with van der Waals surface area (Å²) in [5, 5.41) is 0. The first-order valence-corrected chi connectivity index (χ1v) is 7.26. The van der Waals surface area contributed by atoms with Crippen molar-refractivity contribution in [3.8, 4) is 0 Å². The molecule has 5 heteroatoms. The molecule has 2 atom stereocenters. The molecule has 116 valence electrons. The van der Waals surface area contributed by atoms with Crippen LogP contribution in [0.5, 0.6) is 0 Å². The third-order valence-corrected chi connectivity index (χ3v) is 3.79. The van der Waals surface area contributed by atoms with Gasteiger partial charge in [0.1, 0.15) is 11.4 Å². The van der Waals surface area contributed by atoms with Crippen LogP contribution in [-0.2, 0) is 9.53 Å². The van der Waals surface area contributed by atoms with Gasteiger partial charge >= 0.3 is 6.09 Å². The Balaban J connectivity index is 2.45. The molecular formula is C15H28N2O3. The van der Waals surface area contributed by atoms with Gasteiger partial charge in [0.15, 0.2) is 0 Å². The highest BCUT2D eigenvalue weighted by Gasteiger charge is 2.39. The lowest BCUT2D eigenvalue weighted by atomic mass is 9.66. The highest BCUT2D eigenvalue weighted by atomic mass is 16.6. The van der Waals surface area contributed by atoms with Crippen molar-refractivity contribution in [2.24, 2.45) is 11.3 Å². The molecule has 20 heavy (non-hydrogen) atoms. The molecule has 0 radical (unpaired) electrons. The van der Waals surface area contributed by atoms with E-state index in [0.717, 1.165) is 19.3 Å². The summed E-state index contributed by atoms with van der Waals surface area (Å²) >= 11 is 0. The fraction of sp³-hybridized carbons (Fsp3) is 0.867. The molecule has 1 rings (SSSR count). The molecule has 1 aliphatic carbocycles. The van der Waals surface area contributed by atoms with Gasteiger partial charge in [0, 0.05) is 12.0 Å². The minimum atomic E-state index is -0.503. The van der Waals surface area contributed by atoms with Gasteiger partial charge in [0.05, 0.1) is 0 Å². The van der Waals surface area contributed by atoms with Crippen molar-refractivity contribution < 1.29 is 14.3 Å². The van der Waals surface area contributed by atoms with Gasteiger partial charge in [-0.1, -0.05) is 13.8 Å². The third-order valence-electron chi connectivity index (χ3n) is 3.79. The fourth-order valence-corrected chi connectivity index (χ4v) is 2.98. The SMILES string of the molecule is CC(=O)[C@H]1CC[C@H](NNC(=O)OC(C)(C)C)CC1(C)C. The smallest absolute Gasteiger partial charge is 0.422 e. The summed E-state index contributed by atoms with van der Waals surface area (Å²) in [5.41, 5.74) is 5.07. The van der Waals surface area contributed by atoms with Crippen molar-refractivity contribution in [1.82, 2.24) is 10.9 Å². The van der Waals surface area contributed by atoms with E-state index in [0.29, 0.717) is 0 Å². The molecule has 0 aromatic heterocycles. The second kappa shape index (κ2) is 6.12. The van der Waals surface area contributed by atoms with Crippen molar-refractivity contribution in [3.05, 3.63) is 0 Å². The molecule has 5 nitrogen and oxygen atoms in total. The van der Waals surface area contributed by atoms with Crippen molar-refractivity contribution in [3.63, 3.8) is 0 Å². The molecule has 1 saturated carbocycles. The molecular weight excluding hydrogens is 256 g/mol. The zero-order chi connectivity index (χ0) is 15.6. The van der Waals surface area contributed by atoms with Crippen LogP contribution < -0.4 is 10.9 Å². The van der Waals surface area contributed by atoms with Gasteiger partial charge in [-0.25, -0.2) is 10.2 Å². The predicted octanol–water partition coefficient (Wildman–Crippen LogP) is 2.80. The van der Waals surface area contributed by atoms with Gasteiger partial charge in [-0.15, -0.1) is 0 Å². The average Bonchev–Trinajstić information content (AvgIpc) is 2.22. The third kappa shape index (κ3) is 5.12. The van der Waals surface area contributed by atoms with Crippen molar-refractivity contribution in [1.29, 1.82) is 0 Å². The van der Waals surface area contributed by atoms with E-state index >= 15 is 0 Å². The molecule has 0 heterocycles. The summed E-state index contributed by atoms with van der Waals surface area (Å²) in [6.45, 7) is 11.4. The highest BCUT2D eigenvalue weighted by Crippen LogP contribution is 2.40. The zero-order valence-electron chi connectivity index (χ0n) is 13.5. The van der Waals surface area contributed by atoms with Crippen LogP contribution in [0.3, 0.4) is 0 Å². The summed E-state index contributed by atoms with van der Waals surface area (Å²) in [6, 6.07) is 0.174. The number of nitrogens with one attached hydrogen (secondary N) is 2. The maximum absolute atomic E-state index is 11.6. The molecule has 0 unspecified atom stereocenters. The molecule has 0 aromatic rings. The van der Waals surface area contributed by atoms with E-state index < -0.39 is 11.7 Å². The number of hydrazine groups is 1. The van der Waals surface area contributed by atoms with Crippen molar-refractivity contribution in [2.75, 3.05) is 0 Å². The van der Waals surface area contributed by atoms with Crippen LogP contribution >= 0.6 is 0 Å². The number of carbonyl (C=O) groups is 2. The maximum atomic E-state index is 11.6. The Labute approximate surface area is 121 Å². The van der Waals surface area contributed by atoms with E-state index in [1.165, 1.54) is 0 Å². The molecule has 1 aliphatic rings. The lowest BCUT2D eigenvalue weighted by Crippen LogP contribution is -2.51. The quantitative estimate of drug-likeness (QED) is 0.782. The largest absolute Gasteiger partial charge is 0.443 e. The van der Waals surface area contributed by atoms with Crippen LogP contribution in [0.15, 0.2) is 0 Å². The predicted molar refractivity (Wildman–Crippen MR) is 78.1 cm³/mol. The molecule has 0 saturated heterocycles. The maximum Gasteiger partial charge on any atom is 0.422 e. The van der Waals surface area contributed by atoms with Gasteiger partial charge in [-0.3, -0.25) is 10.2 Å². The van der Waals surface area contributed by atoms with Gasteiger partial charge in [0.25, 0.3) is 0 Å². The van der Waals surface area contributed by atoms with Crippen LogP contribution in [0.1, 0.15) is 60.8 Å². The number of hydrogen-bond acceptors (Lipinski definition) is 4. The number of Topliss-reactive ketones (excluding diaryl/α,β-unsaturated/α-hetero) is 1. The molecule has 1 fully saturated rings. The Morgan fingerprint density at radius 1 is 1.20 bits per heavy atom. The van der Waals surface area contributed by atoms with Crippen molar-refractivity contribution >= 4 is 11.9 Å². The first-order valence-electron chi connectivity index (χ1n) is 7.26. The first-order chi connectivity index (χ1) is 9.01. The number of rotatable bonds is 3. The molecule has 2 N–H and O–H groups in total. The molecule has 0 bridgehead atoms. The van der Waals surface area contributed by atoms with Crippen LogP contribution in [0.25, 0.3) is 0 Å².